The standard InChI is InChI=1S/C20H24ClN5O/c1-14-12-17(24-27-14)19-16(20(21)25(2)23-19)13-22-9-11-26-10-5-7-15-6-3-4-8-18(15)26/h3-4,6,8,12,22H,5,7,9-11,13H2,1-2H3. The van der Waals surface area contributed by atoms with Gasteiger partial charge in [-0.2, -0.15) is 5.10 Å². The second-order valence-corrected chi connectivity index (χ2v) is 7.32. The molecule has 2 aromatic heterocycles. The predicted octanol–water partition coefficient (Wildman–Crippen LogP) is 3.58. The van der Waals surface area contributed by atoms with Crippen LogP contribution >= 0.6 is 11.6 Å². The Labute approximate surface area is 164 Å². The highest BCUT2D eigenvalue weighted by Gasteiger charge is 2.19. The van der Waals surface area contributed by atoms with Crippen LogP contribution in [0.25, 0.3) is 11.4 Å². The van der Waals surface area contributed by atoms with Gasteiger partial charge in [-0.15, -0.1) is 0 Å². The molecule has 0 bridgehead atoms. The summed E-state index contributed by atoms with van der Waals surface area (Å²) in [6.45, 7) is 5.46. The van der Waals surface area contributed by atoms with Crippen LogP contribution in [0.15, 0.2) is 34.9 Å². The zero-order chi connectivity index (χ0) is 18.8. The molecular weight excluding hydrogens is 362 g/mol. The van der Waals surface area contributed by atoms with E-state index in [1.54, 1.807) is 4.68 Å². The SMILES string of the molecule is Cc1cc(-c2nn(C)c(Cl)c2CNCCN2CCCc3ccccc32)no1. The second kappa shape index (κ2) is 7.74. The van der Waals surface area contributed by atoms with Gasteiger partial charge < -0.3 is 14.7 Å². The fraction of sp³-hybridized carbons (Fsp3) is 0.400. The van der Waals surface area contributed by atoms with Gasteiger partial charge in [-0.25, -0.2) is 0 Å². The van der Waals surface area contributed by atoms with Gasteiger partial charge >= 0.3 is 0 Å². The van der Waals surface area contributed by atoms with Crippen molar-refractivity contribution in [3.63, 3.8) is 0 Å². The summed E-state index contributed by atoms with van der Waals surface area (Å²) in [6, 6.07) is 10.6. The van der Waals surface area contributed by atoms with Crippen LogP contribution in [-0.2, 0) is 20.0 Å². The Kier molecular flexibility index (Phi) is 5.18. The maximum absolute atomic E-state index is 6.46. The van der Waals surface area contributed by atoms with Gasteiger partial charge in [-0.05, 0) is 31.4 Å². The average molecular weight is 386 g/mol. The predicted molar refractivity (Wildman–Crippen MR) is 107 cm³/mol. The normalized spacial score (nSPS) is 13.8. The molecule has 0 saturated heterocycles. The van der Waals surface area contributed by atoms with Gasteiger partial charge in [-0.3, -0.25) is 4.68 Å². The Morgan fingerprint density at radius 1 is 1.30 bits per heavy atom. The van der Waals surface area contributed by atoms with Crippen molar-refractivity contribution in [2.75, 3.05) is 24.5 Å². The summed E-state index contributed by atoms with van der Waals surface area (Å²) in [5, 5.41) is 12.7. The molecule has 0 atom stereocenters. The van der Waals surface area contributed by atoms with Gasteiger partial charge in [0.15, 0.2) is 0 Å². The van der Waals surface area contributed by atoms with Crippen LogP contribution in [0.1, 0.15) is 23.3 Å². The molecule has 0 aliphatic carbocycles. The Bertz CT molecular complexity index is 932. The molecule has 0 spiro atoms. The molecule has 1 N–H and O–H groups in total. The maximum atomic E-state index is 6.46. The Hall–Kier alpha value is -2.31. The van der Waals surface area contributed by atoms with E-state index in [9.17, 15) is 0 Å². The van der Waals surface area contributed by atoms with Gasteiger partial charge in [0.1, 0.15) is 22.3 Å². The van der Waals surface area contributed by atoms with Crippen LogP contribution in [0.3, 0.4) is 0 Å². The van der Waals surface area contributed by atoms with Crippen molar-refractivity contribution in [2.24, 2.45) is 7.05 Å². The molecule has 0 fully saturated rings. The highest BCUT2D eigenvalue weighted by Crippen LogP contribution is 2.28. The number of aryl methyl sites for hydroxylation is 3. The van der Waals surface area contributed by atoms with Crippen molar-refractivity contribution < 1.29 is 4.52 Å². The van der Waals surface area contributed by atoms with Gasteiger partial charge in [0.25, 0.3) is 0 Å². The van der Waals surface area contributed by atoms with E-state index >= 15 is 0 Å². The number of aromatic nitrogens is 3. The second-order valence-electron chi connectivity index (χ2n) is 6.96. The van der Waals surface area contributed by atoms with Crippen molar-refractivity contribution in [1.82, 2.24) is 20.3 Å². The molecule has 27 heavy (non-hydrogen) atoms. The fourth-order valence-electron chi connectivity index (χ4n) is 3.66. The first-order chi connectivity index (χ1) is 13.1. The number of nitrogens with zero attached hydrogens (tertiary/aromatic N) is 4. The summed E-state index contributed by atoms with van der Waals surface area (Å²) in [6.07, 6.45) is 2.38. The third-order valence-electron chi connectivity index (χ3n) is 5.01. The molecule has 3 aromatic rings. The van der Waals surface area contributed by atoms with Gasteiger partial charge in [0, 0.05) is 50.5 Å². The van der Waals surface area contributed by atoms with Crippen molar-refractivity contribution >= 4 is 17.3 Å². The molecule has 1 aliphatic rings. The minimum Gasteiger partial charge on any atom is -0.370 e. The van der Waals surface area contributed by atoms with Gasteiger partial charge in [-0.1, -0.05) is 35.0 Å². The summed E-state index contributed by atoms with van der Waals surface area (Å²) >= 11 is 6.46. The van der Waals surface area contributed by atoms with Gasteiger partial charge in [0.05, 0.1) is 0 Å². The molecule has 0 radical (unpaired) electrons. The number of hydrogen-bond donors (Lipinski definition) is 1. The Morgan fingerprint density at radius 3 is 2.96 bits per heavy atom. The molecule has 6 nitrogen and oxygen atoms in total. The molecule has 3 heterocycles. The van der Waals surface area contributed by atoms with Crippen molar-refractivity contribution in [1.29, 1.82) is 0 Å². The molecule has 142 valence electrons. The molecule has 4 rings (SSSR count). The third kappa shape index (κ3) is 3.73. The monoisotopic (exact) mass is 385 g/mol. The van der Waals surface area contributed by atoms with Crippen LogP contribution in [0.2, 0.25) is 5.15 Å². The summed E-state index contributed by atoms with van der Waals surface area (Å²) < 4.78 is 6.87. The summed E-state index contributed by atoms with van der Waals surface area (Å²) in [7, 11) is 1.84. The number of rotatable bonds is 6. The lowest BCUT2D eigenvalue weighted by Gasteiger charge is -2.31. The lowest BCUT2D eigenvalue weighted by atomic mass is 10.0. The number of nitrogens with one attached hydrogen (secondary N) is 1. The third-order valence-corrected chi connectivity index (χ3v) is 5.48. The van der Waals surface area contributed by atoms with Crippen LogP contribution in [0.4, 0.5) is 5.69 Å². The Morgan fingerprint density at radius 2 is 2.15 bits per heavy atom. The minimum atomic E-state index is 0.626. The van der Waals surface area contributed by atoms with Crippen LogP contribution in [0.5, 0.6) is 0 Å². The molecule has 0 saturated carbocycles. The van der Waals surface area contributed by atoms with Crippen molar-refractivity contribution in [3.8, 4) is 11.4 Å². The lowest BCUT2D eigenvalue weighted by Crippen LogP contribution is -2.35. The zero-order valence-electron chi connectivity index (χ0n) is 15.7. The van der Waals surface area contributed by atoms with E-state index in [4.69, 9.17) is 16.1 Å². The largest absolute Gasteiger partial charge is 0.370 e. The number of fused-ring (bicyclic) bond motifs is 1. The molecule has 0 amide bonds. The van der Waals surface area contributed by atoms with E-state index in [2.05, 4.69) is 44.7 Å². The first kappa shape index (κ1) is 18.1. The average Bonchev–Trinajstić information content (AvgIpc) is 3.23. The number of benzene rings is 1. The first-order valence-corrected chi connectivity index (χ1v) is 9.70. The molecule has 1 aliphatic heterocycles. The van der Waals surface area contributed by atoms with E-state index in [-0.39, 0.29) is 0 Å². The number of para-hydroxylation sites is 1. The number of hydrogen-bond acceptors (Lipinski definition) is 5. The number of halogens is 1. The highest BCUT2D eigenvalue weighted by atomic mass is 35.5. The van der Waals surface area contributed by atoms with E-state index in [1.165, 1.54) is 24.1 Å². The van der Waals surface area contributed by atoms with Crippen LogP contribution in [0, 0.1) is 6.92 Å². The Balaban J connectivity index is 1.40. The van der Waals surface area contributed by atoms with Crippen molar-refractivity contribution in [2.45, 2.75) is 26.3 Å². The van der Waals surface area contributed by atoms with E-state index in [0.717, 1.165) is 42.3 Å². The van der Waals surface area contributed by atoms with Crippen LogP contribution < -0.4 is 10.2 Å². The van der Waals surface area contributed by atoms with Crippen molar-refractivity contribution in [3.05, 3.63) is 52.4 Å². The summed E-state index contributed by atoms with van der Waals surface area (Å²) in [4.78, 5) is 2.46. The van der Waals surface area contributed by atoms with E-state index < -0.39 is 0 Å². The molecule has 0 unspecified atom stereocenters. The van der Waals surface area contributed by atoms with Crippen LogP contribution in [-0.4, -0.2) is 34.6 Å². The topological polar surface area (TPSA) is 59.1 Å². The highest BCUT2D eigenvalue weighted by molar-refractivity contribution is 6.30. The molecule has 1 aromatic carbocycles. The minimum absolute atomic E-state index is 0.626. The quantitative estimate of drug-likeness (QED) is 0.657. The smallest absolute Gasteiger partial charge is 0.134 e. The van der Waals surface area contributed by atoms with Gasteiger partial charge in [0.2, 0.25) is 0 Å². The fourth-order valence-corrected chi connectivity index (χ4v) is 3.85. The molecule has 7 heteroatoms. The van der Waals surface area contributed by atoms with E-state index in [0.29, 0.717) is 11.7 Å². The first-order valence-electron chi connectivity index (χ1n) is 9.32. The lowest BCUT2D eigenvalue weighted by molar-refractivity contribution is 0.399. The zero-order valence-corrected chi connectivity index (χ0v) is 16.5. The number of anilines is 1. The molecular formula is C20H24ClN5O. The summed E-state index contributed by atoms with van der Waals surface area (Å²) in [5.41, 5.74) is 5.25. The van der Waals surface area contributed by atoms with E-state index in [1.807, 2.05) is 20.0 Å². The maximum Gasteiger partial charge on any atom is 0.134 e. The summed E-state index contributed by atoms with van der Waals surface area (Å²) in [5.74, 6) is 0.759.